The SMILES string of the molecule is [2H]C([2H])([2H])Oc1ccc(C2CNC(=O)C2)cc1OC1C([2H])([2H])C([2H])([2H])C([2H])([2H])C1([2H])[2H]. The first kappa shape index (κ1) is 5.58. The molecule has 108 valence electrons. The standard InChI is InChI=1S/C16H21NO3/c1-19-14-7-6-11(12-9-16(18)17-10-12)8-15(14)20-13-4-2-3-5-13/h6-8,12-13H,2-5,9-10H2,1H3,(H,17,18)/i1D3,2D2,3D2,4D2,5D2. The van der Waals surface area contributed by atoms with E-state index in [-0.39, 0.29) is 29.7 Å². The summed E-state index contributed by atoms with van der Waals surface area (Å²) >= 11 is 0. The van der Waals surface area contributed by atoms with E-state index >= 15 is 0 Å². The average molecular weight is 286 g/mol. The highest BCUT2D eigenvalue weighted by atomic mass is 16.5. The lowest BCUT2D eigenvalue weighted by Crippen LogP contribution is -2.14. The third kappa shape index (κ3) is 2.74. The van der Waals surface area contributed by atoms with Crippen LogP contribution >= 0.6 is 0 Å². The molecule has 20 heavy (non-hydrogen) atoms. The number of rotatable bonds is 4. The van der Waals surface area contributed by atoms with Crippen molar-refractivity contribution in [2.45, 2.75) is 43.9 Å². The van der Waals surface area contributed by atoms with Gasteiger partial charge in [0.25, 0.3) is 0 Å². The van der Waals surface area contributed by atoms with Crippen LogP contribution in [0.1, 0.15) is 58.5 Å². The summed E-state index contributed by atoms with van der Waals surface area (Å²) in [5, 5.41) is 2.64. The minimum Gasteiger partial charge on any atom is -0.493 e. The van der Waals surface area contributed by atoms with Crippen LogP contribution in [0.4, 0.5) is 0 Å². The number of hydrogen-bond acceptors (Lipinski definition) is 3. The molecule has 1 N–H and O–H groups in total. The van der Waals surface area contributed by atoms with Crippen molar-refractivity contribution in [2.75, 3.05) is 13.6 Å². The van der Waals surface area contributed by atoms with Gasteiger partial charge in [-0.2, -0.15) is 0 Å². The third-order valence-electron chi connectivity index (χ3n) is 3.24. The molecule has 0 spiro atoms. The maximum Gasteiger partial charge on any atom is 0.220 e. The smallest absolute Gasteiger partial charge is 0.220 e. The highest BCUT2D eigenvalue weighted by Gasteiger charge is 2.25. The Morgan fingerprint density at radius 2 is 2.20 bits per heavy atom. The number of nitrogens with one attached hydrogen (secondary N) is 1. The van der Waals surface area contributed by atoms with Crippen LogP contribution in [0.5, 0.6) is 11.5 Å². The topological polar surface area (TPSA) is 47.6 Å². The molecule has 4 nitrogen and oxygen atoms in total. The van der Waals surface area contributed by atoms with E-state index in [0.717, 1.165) is 0 Å². The average Bonchev–Trinajstić information content (AvgIpc) is 3.06. The summed E-state index contributed by atoms with van der Waals surface area (Å²) in [5.74, 6) is -1.26. The number of carbonyl (C=O) groups excluding carboxylic acids is 1. The van der Waals surface area contributed by atoms with E-state index < -0.39 is 38.6 Å². The quantitative estimate of drug-likeness (QED) is 0.925. The number of amides is 1. The molecule has 0 aromatic heterocycles. The molecular weight excluding hydrogens is 254 g/mol. The summed E-state index contributed by atoms with van der Waals surface area (Å²) in [7, 11) is -2.92. The number of hydrogen-bond donors (Lipinski definition) is 1. The van der Waals surface area contributed by atoms with Gasteiger partial charge in [0.2, 0.25) is 5.91 Å². The van der Waals surface area contributed by atoms with Crippen LogP contribution in [0.2, 0.25) is 0 Å². The van der Waals surface area contributed by atoms with Crippen LogP contribution in [-0.4, -0.2) is 25.6 Å². The molecule has 0 bridgehead atoms. The molecule has 1 unspecified atom stereocenters. The molecule has 1 saturated heterocycles. The van der Waals surface area contributed by atoms with Gasteiger partial charge < -0.3 is 14.8 Å². The van der Waals surface area contributed by atoms with Crippen molar-refractivity contribution in [1.82, 2.24) is 5.32 Å². The van der Waals surface area contributed by atoms with Gasteiger partial charge in [0.15, 0.2) is 11.5 Å². The molecule has 0 radical (unpaired) electrons. The lowest BCUT2D eigenvalue weighted by Gasteiger charge is -2.18. The first-order valence-corrected chi connectivity index (χ1v) is 6.18. The molecule has 1 aromatic carbocycles. The van der Waals surface area contributed by atoms with Crippen molar-refractivity contribution < 1.29 is 29.3 Å². The number of methoxy groups -OCH3 is 1. The zero-order valence-corrected chi connectivity index (χ0v) is 10.5. The van der Waals surface area contributed by atoms with E-state index in [4.69, 9.17) is 24.6 Å². The Morgan fingerprint density at radius 1 is 1.35 bits per heavy atom. The van der Waals surface area contributed by atoms with Crippen molar-refractivity contribution in [3.8, 4) is 11.5 Å². The van der Waals surface area contributed by atoms with Gasteiger partial charge in [-0.25, -0.2) is 0 Å². The van der Waals surface area contributed by atoms with Crippen LogP contribution in [0.3, 0.4) is 0 Å². The minimum absolute atomic E-state index is 0.148. The lowest BCUT2D eigenvalue weighted by molar-refractivity contribution is -0.119. The Labute approximate surface area is 134 Å². The Hall–Kier alpha value is -1.71. The Bertz CT molecular complexity index is 858. The van der Waals surface area contributed by atoms with Crippen LogP contribution in [-0.2, 0) is 4.79 Å². The monoisotopic (exact) mass is 286 g/mol. The first-order valence-electron chi connectivity index (χ1n) is 11.7. The first-order chi connectivity index (χ1) is 13.9. The number of ether oxygens (including phenoxy) is 2. The molecule has 4 heteroatoms. The van der Waals surface area contributed by atoms with E-state index in [0.29, 0.717) is 12.1 Å². The normalized spacial score (nSPS) is 41.7. The van der Waals surface area contributed by atoms with Crippen LogP contribution < -0.4 is 14.8 Å². The highest BCUT2D eigenvalue weighted by Crippen LogP contribution is 2.35. The second-order valence-corrected chi connectivity index (χ2v) is 4.55. The summed E-state index contributed by atoms with van der Waals surface area (Å²) in [6.07, 6.45) is -14.8. The van der Waals surface area contributed by atoms with Crippen molar-refractivity contribution in [2.24, 2.45) is 0 Å². The summed E-state index contributed by atoms with van der Waals surface area (Å²) in [4.78, 5) is 11.5. The van der Waals surface area contributed by atoms with Crippen molar-refractivity contribution in [1.29, 1.82) is 0 Å². The number of carbonyl (C=O) groups is 1. The minimum atomic E-state index is -3.25. The van der Waals surface area contributed by atoms with Crippen molar-refractivity contribution >= 4 is 5.91 Å². The van der Waals surface area contributed by atoms with E-state index in [2.05, 4.69) is 5.32 Å². The molecule has 2 fully saturated rings. The molecule has 1 amide bonds. The molecule has 1 aliphatic carbocycles. The Balaban J connectivity index is 2.06. The zero-order valence-electron chi connectivity index (χ0n) is 21.5. The van der Waals surface area contributed by atoms with E-state index in [1.54, 1.807) is 0 Å². The largest absolute Gasteiger partial charge is 0.493 e. The van der Waals surface area contributed by atoms with Gasteiger partial charge >= 0.3 is 0 Å². The summed E-state index contributed by atoms with van der Waals surface area (Å²) in [6, 6.07) is 4.00. The maximum absolute atomic E-state index is 11.5. The second kappa shape index (κ2) is 5.73. The fraction of sp³-hybridized carbons (Fsp3) is 0.562. The van der Waals surface area contributed by atoms with E-state index in [1.807, 2.05) is 0 Å². The van der Waals surface area contributed by atoms with Gasteiger partial charge in [0, 0.05) is 29.8 Å². The Kier molecular flexibility index (Phi) is 1.60. The third-order valence-corrected chi connectivity index (χ3v) is 3.24. The molecule has 1 aliphatic heterocycles. The summed E-state index contributed by atoms with van der Waals surface area (Å²) in [5.41, 5.74) is 0.511. The van der Waals surface area contributed by atoms with Gasteiger partial charge in [0.05, 0.1) is 17.3 Å². The van der Waals surface area contributed by atoms with Crippen LogP contribution in [0, 0.1) is 0 Å². The van der Waals surface area contributed by atoms with Gasteiger partial charge in [0.1, 0.15) is 0 Å². The molecule has 1 heterocycles. The number of benzene rings is 1. The Morgan fingerprint density at radius 3 is 2.90 bits per heavy atom. The fourth-order valence-electron chi connectivity index (χ4n) is 2.22. The fourth-order valence-corrected chi connectivity index (χ4v) is 2.22. The van der Waals surface area contributed by atoms with Gasteiger partial charge in [-0.3, -0.25) is 4.79 Å². The molecular formula is C16H21NO3. The van der Waals surface area contributed by atoms with Crippen molar-refractivity contribution in [3.05, 3.63) is 23.8 Å². The van der Waals surface area contributed by atoms with E-state index in [9.17, 15) is 4.79 Å². The van der Waals surface area contributed by atoms with Gasteiger partial charge in [-0.15, -0.1) is 0 Å². The van der Waals surface area contributed by atoms with Crippen LogP contribution in [0.25, 0.3) is 0 Å². The van der Waals surface area contributed by atoms with Crippen molar-refractivity contribution in [3.63, 3.8) is 0 Å². The summed E-state index contributed by atoms with van der Waals surface area (Å²) < 4.78 is 96.1. The maximum atomic E-state index is 11.5. The van der Waals surface area contributed by atoms with Crippen LogP contribution in [0.15, 0.2) is 18.2 Å². The predicted octanol–water partition coefficient (Wildman–Crippen LogP) is 2.62. The van der Waals surface area contributed by atoms with Gasteiger partial charge in [-0.05, 0) is 43.2 Å². The summed E-state index contributed by atoms with van der Waals surface area (Å²) in [6.45, 7) is 0.300. The van der Waals surface area contributed by atoms with E-state index in [1.165, 1.54) is 18.2 Å². The molecule has 2 aliphatic rings. The molecule has 1 aromatic rings. The highest BCUT2D eigenvalue weighted by molar-refractivity contribution is 5.79. The van der Waals surface area contributed by atoms with Gasteiger partial charge in [-0.1, -0.05) is 6.07 Å². The molecule has 1 saturated carbocycles. The lowest BCUT2D eigenvalue weighted by atomic mass is 9.98. The molecule has 1 atom stereocenters. The second-order valence-electron chi connectivity index (χ2n) is 4.55. The predicted molar refractivity (Wildman–Crippen MR) is 76.2 cm³/mol. The zero-order chi connectivity index (χ0) is 23.6. The molecule has 3 rings (SSSR count).